The topological polar surface area (TPSA) is 55.2 Å². The number of hydrogen-bond donors (Lipinski definition) is 1. The molecule has 0 aliphatic carbocycles. The van der Waals surface area contributed by atoms with Crippen molar-refractivity contribution in [2.75, 3.05) is 6.54 Å². The van der Waals surface area contributed by atoms with Crippen molar-refractivity contribution in [2.45, 2.75) is 19.9 Å². The Labute approximate surface area is 105 Å². The van der Waals surface area contributed by atoms with Gasteiger partial charge in [0.1, 0.15) is 0 Å². The molecule has 1 aromatic rings. The molecule has 0 aliphatic rings. The van der Waals surface area contributed by atoms with E-state index in [4.69, 9.17) is 11.6 Å². The summed E-state index contributed by atoms with van der Waals surface area (Å²) in [6.45, 7) is 3.14. The van der Waals surface area contributed by atoms with E-state index in [1.807, 2.05) is 19.1 Å². The quantitative estimate of drug-likeness (QED) is 0.367. The van der Waals surface area contributed by atoms with E-state index in [2.05, 4.69) is 5.32 Å². The van der Waals surface area contributed by atoms with Crippen molar-refractivity contribution in [3.8, 4) is 0 Å². The lowest BCUT2D eigenvalue weighted by molar-refractivity contribution is -0.385. The number of nitrogens with one attached hydrogen (secondary N) is 1. The molecule has 5 heteroatoms. The van der Waals surface area contributed by atoms with Crippen LogP contribution in [0.5, 0.6) is 0 Å². The molecule has 92 valence electrons. The average molecular weight is 255 g/mol. The van der Waals surface area contributed by atoms with Crippen molar-refractivity contribution in [2.24, 2.45) is 0 Å². The van der Waals surface area contributed by atoms with Crippen LogP contribution in [0, 0.1) is 10.1 Å². The summed E-state index contributed by atoms with van der Waals surface area (Å²) >= 11 is 5.96. The van der Waals surface area contributed by atoms with Crippen LogP contribution in [0.15, 0.2) is 30.4 Å². The lowest BCUT2D eigenvalue weighted by atomic mass is 10.2. The maximum atomic E-state index is 10.8. The van der Waals surface area contributed by atoms with Crippen LogP contribution in [0.4, 0.5) is 5.69 Å². The smallest absolute Gasteiger partial charge is 0.275 e. The van der Waals surface area contributed by atoms with Gasteiger partial charge in [-0.1, -0.05) is 29.8 Å². The van der Waals surface area contributed by atoms with E-state index in [-0.39, 0.29) is 5.69 Å². The van der Waals surface area contributed by atoms with Gasteiger partial charge in [-0.3, -0.25) is 10.1 Å². The van der Waals surface area contributed by atoms with E-state index in [9.17, 15) is 10.1 Å². The zero-order valence-corrected chi connectivity index (χ0v) is 10.4. The van der Waals surface area contributed by atoms with Crippen LogP contribution < -0.4 is 5.32 Å². The second kappa shape index (κ2) is 7.04. The van der Waals surface area contributed by atoms with Crippen LogP contribution >= 0.6 is 11.6 Å². The Kier molecular flexibility index (Phi) is 5.66. The molecule has 1 N–H and O–H groups in total. The third-order valence-electron chi connectivity index (χ3n) is 2.32. The molecule has 0 aromatic heterocycles. The first-order valence-corrected chi connectivity index (χ1v) is 5.78. The number of halogens is 1. The summed E-state index contributed by atoms with van der Waals surface area (Å²) in [7, 11) is 0. The molecule has 1 rings (SSSR count). The normalized spacial score (nSPS) is 10.9. The van der Waals surface area contributed by atoms with E-state index in [0.717, 1.165) is 13.0 Å². The fourth-order valence-electron chi connectivity index (χ4n) is 1.46. The van der Waals surface area contributed by atoms with Crippen molar-refractivity contribution in [1.82, 2.24) is 5.32 Å². The summed E-state index contributed by atoms with van der Waals surface area (Å²) in [5.41, 5.74) is 0.607. The number of nitro benzene ring substituents is 1. The maximum absolute atomic E-state index is 10.8. The molecule has 4 nitrogen and oxygen atoms in total. The highest BCUT2D eigenvalue weighted by Crippen LogP contribution is 2.25. The number of nitro groups is 1. The lowest BCUT2D eigenvalue weighted by Crippen LogP contribution is -2.15. The zero-order chi connectivity index (χ0) is 12.7. The van der Waals surface area contributed by atoms with Crippen molar-refractivity contribution >= 4 is 17.3 Å². The van der Waals surface area contributed by atoms with Crippen molar-refractivity contribution in [1.29, 1.82) is 0 Å². The Bertz CT molecular complexity index is 419. The third-order valence-corrected chi connectivity index (χ3v) is 2.67. The van der Waals surface area contributed by atoms with Crippen molar-refractivity contribution < 1.29 is 4.92 Å². The largest absolute Gasteiger partial charge is 0.312 e. The Morgan fingerprint density at radius 3 is 2.94 bits per heavy atom. The van der Waals surface area contributed by atoms with Gasteiger partial charge in [0, 0.05) is 12.6 Å². The number of nitrogens with zero attached hydrogens (tertiary/aromatic N) is 1. The fraction of sp³-hybridized carbons (Fsp3) is 0.333. The molecule has 1 aromatic carbocycles. The molecule has 0 unspecified atom stereocenters. The molecule has 0 aliphatic heterocycles. The maximum Gasteiger partial charge on any atom is 0.275 e. The number of hydrogen-bond acceptors (Lipinski definition) is 3. The van der Waals surface area contributed by atoms with Crippen molar-refractivity contribution in [3.63, 3.8) is 0 Å². The molecule has 0 bridgehead atoms. The monoisotopic (exact) mass is 254 g/mol. The average Bonchev–Trinajstić information content (AvgIpc) is 2.30. The van der Waals surface area contributed by atoms with Crippen LogP contribution in [0.1, 0.15) is 18.9 Å². The summed E-state index contributed by atoms with van der Waals surface area (Å²) in [4.78, 5) is 10.4. The predicted octanol–water partition coefficient (Wildman–Crippen LogP) is 3.30. The van der Waals surface area contributed by atoms with E-state index >= 15 is 0 Å². The Morgan fingerprint density at radius 1 is 1.53 bits per heavy atom. The molecule has 0 atom stereocenters. The van der Waals surface area contributed by atoms with E-state index in [0.29, 0.717) is 17.1 Å². The Balaban J connectivity index is 2.66. The number of rotatable bonds is 6. The fourth-order valence-corrected chi connectivity index (χ4v) is 1.70. The van der Waals surface area contributed by atoms with E-state index < -0.39 is 4.92 Å². The van der Waals surface area contributed by atoms with Gasteiger partial charge in [-0.25, -0.2) is 0 Å². The molecule has 0 heterocycles. The minimum atomic E-state index is -0.408. The first-order chi connectivity index (χ1) is 8.16. The molecule has 0 saturated heterocycles. The first kappa shape index (κ1) is 13.7. The number of benzene rings is 1. The van der Waals surface area contributed by atoms with Gasteiger partial charge in [0.05, 0.1) is 15.5 Å². The summed E-state index contributed by atoms with van der Waals surface area (Å²) in [5, 5.41) is 14.4. The van der Waals surface area contributed by atoms with Crippen LogP contribution in [0.2, 0.25) is 5.02 Å². The van der Waals surface area contributed by atoms with Gasteiger partial charge in [-0.15, -0.1) is 0 Å². The summed E-state index contributed by atoms with van der Waals surface area (Å²) in [5.74, 6) is 0. The first-order valence-electron chi connectivity index (χ1n) is 5.40. The molecule has 0 amide bonds. The predicted molar refractivity (Wildman–Crippen MR) is 69.2 cm³/mol. The van der Waals surface area contributed by atoms with E-state index in [1.54, 1.807) is 12.1 Å². The van der Waals surface area contributed by atoms with Crippen LogP contribution in [-0.2, 0) is 6.54 Å². The Morgan fingerprint density at radius 2 is 2.29 bits per heavy atom. The van der Waals surface area contributed by atoms with Crippen LogP contribution in [0.25, 0.3) is 0 Å². The highest BCUT2D eigenvalue weighted by molar-refractivity contribution is 6.31. The summed E-state index contributed by atoms with van der Waals surface area (Å²) in [6, 6.07) is 4.72. The third kappa shape index (κ3) is 4.17. The zero-order valence-electron chi connectivity index (χ0n) is 9.65. The van der Waals surface area contributed by atoms with E-state index in [1.165, 1.54) is 6.07 Å². The molecule has 0 fully saturated rings. The molecule has 0 radical (unpaired) electrons. The van der Waals surface area contributed by atoms with Gasteiger partial charge < -0.3 is 5.32 Å². The molecular weight excluding hydrogens is 240 g/mol. The second-order valence-electron chi connectivity index (χ2n) is 3.53. The highest BCUT2D eigenvalue weighted by Gasteiger charge is 2.15. The minimum Gasteiger partial charge on any atom is -0.312 e. The highest BCUT2D eigenvalue weighted by atomic mass is 35.5. The number of allylic oxidation sites excluding steroid dienone is 1. The Hall–Kier alpha value is -1.39. The van der Waals surface area contributed by atoms with Crippen LogP contribution in [0.3, 0.4) is 0 Å². The van der Waals surface area contributed by atoms with Gasteiger partial charge in [-0.2, -0.15) is 0 Å². The van der Waals surface area contributed by atoms with Gasteiger partial charge in [0.2, 0.25) is 0 Å². The standard InChI is InChI=1S/C12H15ClN2O2/c1-2-3-4-8-14-9-10-11(13)6-5-7-12(10)15(16)17/h2-3,5-7,14H,4,8-9H2,1H3/b3-2+. The van der Waals surface area contributed by atoms with Crippen LogP contribution in [-0.4, -0.2) is 11.5 Å². The molecule has 17 heavy (non-hydrogen) atoms. The SMILES string of the molecule is C/C=C/CCNCc1c(Cl)cccc1[N+](=O)[O-]. The van der Waals surface area contributed by atoms with Crippen molar-refractivity contribution in [3.05, 3.63) is 51.1 Å². The molecular formula is C12H15ClN2O2. The van der Waals surface area contributed by atoms with Gasteiger partial charge >= 0.3 is 0 Å². The minimum absolute atomic E-state index is 0.0658. The molecule has 0 spiro atoms. The summed E-state index contributed by atoms with van der Waals surface area (Å²) < 4.78 is 0. The van der Waals surface area contributed by atoms with Gasteiger partial charge in [0.15, 0.2) is 0 Å². The van der Waals surface area contributed by atoms with Gasteiger partial charge in [0.25, 0.3) is 5.69 Å². The molecule has 0 saturated carbocycles. The second-order valence-corrected chi connectivity index (χ2v) is 3.94. The van der Waals surface area contributed by atoms with Gasteiger partial charge in [-0.05, 0) is 26.0 Å². The lowest BCUT2D eigenvalue weighted by Gasteiger charge is -2.06. The summed E-state index contributed by atoms with van der Waals surface area (Å²) in [6.07, 6.45) is 4.91.